The lowest BCUT2D eigenvalue weighted by Crippen LogP contribution is -2.48. The molecular formula is C14H27NO. The monoisotopic (exact) mass is 225 g/mol. The normalized spacial score (nSPS) is 32.8. The van der Waals surface area contributed by atoms with Gasteiger partial charge in [-0.1, -0.05) is 27.7 Å². The highest BCUT2D eigenvalue weighted by molar-refractivity contribution is 5.83. The summed E-state index contributed by atoms with van der Waals surface area (Å²) in [6, 6.07) is 0. The first-order valence-corrected chi connectivity index (χ1v) is 6.60. The van der Waals surface area contributed by atoms with Gasteiger partial charge in [-0.25, -0.2) is 0 Å². The summed E-state index contributed by atoms with van der Waals surface area (Å²) in [6.07, 6.45) is 2.22. The van der Waals surface area contributed by atoms with Gasteiger partial charge in [0.25, 0.3) is 0 Å². The van der Waals surface area contributed by atoms with Gasteiger partial charge in [0.15, 0.2) is 0 Å². The molecule has 0 bridgehead atoms. The third-order valence-corrected chi connectivity index (χ3v) is 5.25. The van der Waals surface area contributed by atoms with E-state index in [0.717, 1.165) is 19.5 Å². The Labute approximate surface area is 100 Å². The molecule has 0 radical (unpaired) electrons. The van der Waals surface area contributed by atoms with Crippen molar-refractivity contribution < 1.29 is 4.79 Å². The largest absolute Gasteiger partial charge is 0.343 e. The van der Waals surface area contributed by atoms with E-state index in [-0.39, 0.29) is 10.8 Å². The van der Waals surface area contributed by atoms with Crippen LogP contribution >= 0.6 is 0 Å². The highest BCUT2D eigenvalue weighted by atomic mass is 16.2. The number of carbonyl (C=O) groups excluding carboxylic acids is 1. The second-order valence-corrected chi connectivity index (χ2v) is 5.97. The average Bonchev–Trinajstić information content (AvgIpc) is 2.45. The van der Waals surface area contributed by atoms with Crippen molar-refractivity contribution in [1.82, 2.24) is 4.90 Å². The summed E-state index contributed by atoms with van der Waals surface area (Å²) >= 11 is 0. The summed E-state index contributed by atoms with van der Waals surface area (Å²) in [4.78, 5) is 14.6. The van der Waals surface area contributed by atoms with Gasteiger partial charge in [0, 0.05) is 13.1 Å². The van der Waals surface area contributed by atoms with E-state index >= 15 is 0 Å². The topological polar surface area (TPSA) is 20.3 Å². The SMILES string of the molecule is CCN(CC)C(=O)[C@@]1(C)CC[C@H](C)C1(C)C. The maximum atomic E-state index is 12.6. The van der Waals surface area contributed by atoms with Gasteiger partial charge in [-0.2, -0.15) is 0 Å². The van der Waals surface area contributed by atoms with E-state index in [4.69, 9.17) is 0 Å². The van der Waals surface area contributed by atoms with E-state index in [1.165, 1.54) is 6.42 Å². The van der Waals surface area contributed by atoms with Crippen LogP contribution in [0.4, 0.5) is 0 Å². The Morgan fingerprint density at radius 3 is 2.06 bits per heavy atom. The van der Waals surface area contributed by atoms with Crippen LogP contribution in [0.1, 0.15) is 54.4 Å². The number of carbonyl (C=O) groups is 1. The van der Waals surface area contributed by atoms with Crippen LogP contribution in [0.15, 0.2) is 0 Å². The van der Waals surface area contributed by atoms with Crippen molar-refractivity contribution in [3.05, 3.63) is 0 Å². The zero-order valence-electron chi connectivity index (χ0n) is 11.8. The van der Waals surface area contributed by atoms with E-state index in [9.17, 15) is 4.79 Å². The molecule has 0 saturated heterocycles. The summed E-state index contributed by atoms with van der Waals surface area (Å²) in [7, 11) is 0. The predicted octanol–water partition coefficient (Wildman–Crippen LogP) is 3.32. The molecule has 0 spiro atoms. The summed E-state index contributed by atoms with van der Waals surface area (Å²) < 4.78 is 0. The van der Waals surface area contributed by atoms with Crippen molar-refractivity contribution in [3.8, 4) is 0 Å². The maximum absolute atomic E-state index is 12.6. The Bertz CT molecular complexity index is 268. The Morgan fingerprint density at radius 2 is 1.75 bits per heavy atom. The molecule has 0 unspecified atom stereocenters. The van der Waals surface area contributed by atoms with Crippen LogP contribution < -0.4 is 0 Å². The molecule has 2 nitrogen and oxygen atoms in total. The van der Waals surface area contributed by atoms with Crippen LogP contribution in [-0.4, -0.2) is 23.9 Å². The molecule has 2 atom stereocenters. The fourth-order valence-corrected chi connectivity index (χ4v) is 2.97. The molecule has 0 aromatic carbocycles. The Hall–Kier alpha value is -0.530. The van der Waals surface area contributed by atoms with Crippen molar-refractivity contribution >= 4 is 5.91 Å². The molecule has 1 amide bonds. The first-order chi connectivity index (χ1) is 7.31. The third kappa shape index (κ3) is 1.76. The van der Waals surface area contributed by atoms with Crippen LogP contribution in [-0.2, 0) is 4.79 Å². The Kier molecular flexibility index (Phi) is 3.71. The molecule has 0 aliphatic heterocycles. The summed E-state index contributed by atoms with van der Waals surface area (Å²) in [5.74, 6) is 0.990. The molecule has 1 saturated carbocycles. The van der Waals surface area contributed by atoms with E-state index < -0.39 is 0 Å². The smallest absolute Gasteiger partial charge is 0.229 e. The van der Waals surface area contributed by atoms with Gasteiger partial charge < -0.3 is 4.90 Å². The van der Waals surface area contributed by atoms with Crippen molar-refractivity contribution in [2.24, 2.45) is 16.7 Å². The fraction of sp³-hybridized carbons (Fsp3) is 0.929. The molecule has 0 N–H and O–H groups in total. The molecule has 0 aromatic rings. The summed E-state index contributed by atoms with van der Waals surface area (Å²) in [6.45, 7) is 14.7. The van der Waals surface area contributed by atoms with Gasteiger partial charge in [-0.05, 0) is 38.0 Å². The Balaban J connectivity index is 2.98. The number of amides is 1. The minimum Gasteiger partial charge on any atom is -0.343 e. The van der Waals surface area contributed by atoms with Crippen molar-refractivity contribution in [3.63, 3.8) is 0 Å². The molecule has 1 rings (SSSR count). The highest BCUT2D eigenvalue weighted by Crippen LogP contribution is 2.56. The first-order valence-electron chi connectivity index (χ1n) is 6.60. The minimum atomic E-state index is -0.168. The molecule has 1 fully saturated rings. The van der Waals surface area contributed by atoms with Crippen LogP contribution in [0, 0.1) is 16.7 Å². The number of nitrogens with zero attached hydrogens (tertiary/aromatic N) is 1. The second-order valence-electron chi connectivity index (χ2n) is 5.97. The zero-order valence-corrected chi connectivity index (χ0v) is 11.8. The van der Waals surface area contributed by atoms with Crippen molar-refractivity contribution in [1.29, 1.82) is 0 Å². The lowest BCUT2D eigenvalue weighted by molar-refractivity contribution is -0.147. The lowest BCUT2D eigenvalue weighted by Gasteiger charge is -2.42. The molecule has 16 heavy (non-hydrogen) atoms. The van der Waals surface area contributed by atoms with Gasteiger partial charge in [-0.15, -0.1) is 0 Å². The zero-order chi connectivity index (χ0) is 12.6. The number of hydrogen-bond donors (Lipinski definition) is 0. The third-order valence-electron chi connectivity index (χ3n) is 5.25. The van der Waals surface area contributed by atoms with E-state index in [0.29, 0.717) is 11.8 Å². The number of rotatable bonds is 3. The second kappa shape index (κ2) is 4.38. The molecule has 2 heteroatoms. The van der Waals surface area contributed by atoms with Crippen LogP contribution in [0.5, 0.6) is 0 Å². The summed E-state index contributed by atoms with van der Waals surface area (Å²) in [5.41, 5.74) is -0.0505. The minimum absolute atomic E-state index is 0.118. The maximum Gasteiger partial charge on any atom is 0.229 e. The van der Waals surface area contributed by atoms with Gasteiger partial charge >= 0.3 is 0 Å². The lowest BCUT2D eigenvalue weighted by atomic mass is 9.65. The predicted molar refractivity (Wildman–Crippen MR) is 68.2 cm³/mol. The Morgan fingerprint density at radius 1 is 1.25 bits per heavy atom. The molecule has 0 aromatic heterocycles. The van der Waals surface area contributed by atoms with E-state index in [2.05, 4.69) is 41.5 Å². The summed E-state index contributed by atoms with van der Waals surface area (Å²) in [5, 5.41) is 0. The van der Waals surface area contributed by atoms with Crippen LogP contribution in [0.25, 0.3) is 0 Å². The van der Waals surface area contributed by atoms with Crippen molar-refractivity contribution in [2.45, 2.75) is 54.4 Å². The molecular weight excluding hydrogens is 198 g/mol. The number of hydrogen-bond acceptors (Lipinski definition) is 1. The van der Waals surface area contributed by atoms with Crippen molar-refractivity contribution in [2.75, 3.05) is 13.1 Å². The van der Waals surface area contributed by atoms with Crippen LogP contribution in [0.3, 0.4) is 0 Å². The standard InChI is InChI=1S/C14H27NO/c1-7-15(8-2)12(16)14(6)10-9-11(3)13(14,4)5/h11H,7-10H2,1-6H3/t11-,14+/m0/s1. The van der Waals surface area contributed by atoms with Gasteiger partial charge in [0.05, 0.1) is 5.41 Å². The van der Waals surface area contributed by atoms with Gasteiger partial charge in [0.2, 0.25) is 5.91 Å². The quantitative estimate of drug-likeness (QED) is 0.721. The van der Waals surface area contributed by atoms with E-state index in [1.54, 1.807) is 0 Å². The van der Waals surface area contributed by atoms with Crippen LogP contribution in [0.2, 0.25) is 0 Å². The van der Waals surface area contributed by atoms with Gasteiger partial charge in [0.1, 0.15) is 0 Å². The fourth-order valence-electron chi connectivity index (χ4n) is 2.97. The first kappa shape index (κ1) is 13.5. The molecule has 1 aliphatic rings. The van der Waals surface area contributed by atoms with Gasteiger partial charge in [-0.3, -0.25) is 4.79 Å². The highest BCUT2D eigenvalue weighted by Gasteiger charge is 2.54. The molecule has 1 aliphatic carbocycles. The average molecular weight is 225 g/mol. The van der Waals surface area contributed by atoms with E-state index in [1.807, 2.05) is 4.90 Å². The molecule has 94 valence electrons. The molecule has 0 heterocycles.